The predicted molar refractivity (Wildman–Crippen MR) is 271 cm³/mol. The zero-order valence-corrected chi connectivity index (χ0v) is 38.8. The molecule has 0 aliphatic heterocycles. The average Bonchev–Trinajstić information content (AvgIpc) is 3.30. The molecule has 350 valence electrons. The van der Waals surface area contributed by atoms with Crippen molar-refractivity contribution in [3.63, 3.8) is 0 Å². The molecule has 3 unspecified atom stereocenters. The van der Waals surface area contributed by atoms with E-state index in [9.17, 15) is 19.2 Å². The molecule has 0 aliphatic rings. The molecule has 0 heterocycles. The first-order chi connectivity index (χ1) is 33.1. The summed E-state index contributed by atoms with van der Waals surface area (Å²) < 4.78 is 21.6. The van der Waals surface area contributed by atoms with E-state index in [1.54, 1.807) is 12.1 Å². The maximum absolute atomic E-state index is 13.3. The zero-order chi connectivity index (χ0) is 48.8. The lowest BCUT2D eigenvalue weighted by atomic mass is 9.75. The van der Waals surface area contributed by atoms with Crippen LogP contribution in [0.1, 0.15) is 44.7 Å². The lowest BCUT2D eigenvalue weighted by Gasteiger charge is -2.30. The second kappa shape index (κ2) is 20.4. The second-order valence-corrected chi connectivity index (χ2v) is 18.1. The number of fused-ring (bicyclic) bond motifs is 4. The molecule has 2 radical (unpaired) electrons. The van der Waals surface area contributed by atoms with Crippen LogP contribution >= 0.6 is 0 Å². The van der Waals surface area contributed by atoms with E-state index < -0.39 is 36.8 Å². The summed E-state index contributed by atoms with van der Waals surface area (Å²) in [4.78, 5) is 49.2. The monoisotopic (exact) mass is 922 g/mol. The molecule has 3 atom stereocenters. The van der Waals surface area contributed by atoms with Gasteiger partial charge in [-0.1, -0.05) is 154 Å². The van der Waals surface area contributed by atoms with E-state index in [2.05, 4.69) is 93.8 Å². The largest absolute Gasteiger partial charge is 0.426 e. The summed E-state index contributed by atoms with van der Waals surface area (Å²) >= 11 is 0. The Hall–Kier alpha value is -8.12. The molecule has 0 aliphatic carbocycles. The first-order valence-electron chi connectivity index (χ1n) is 22.7. The summed E-state index contributed by atoms with van der Waals surface area (Å²) in [5.41, 5.74) is 15.8. The Morgan fingerprint density at radius 2 is 0.884 bits per heavy atom. The quantitative estimate of drug-likeness (QED) is 0.0733. The molecule has 0 saturated carbocycles. The first kappa shape index (κ1) is 47.4. The minimum Gasteiger partial charge on any atom is -0.426 e. The van der Waals surface area contributed by atoms with Crippen molar-refractivity contribution in [1.82, 2.24) is 10.6 Å². The van der Waals surface area contributed by atoms with Gasteiger partial charge >= 0.3 is 24.4 Å². The van der Waals surface area contributed by atoms with E-state index in [4.69, 9.17) is 30.4 Å². The molecule has 8 aromatic rings. The fourth-order valence-corrected chi connectivity index (χ4v) is 9.66. The molecule has 69 heavy (non-hydrogen) atoms. The number of amides is 4. The van der Waals surface area contributed by atoms with Crippen molar-refractivity contribution in [1.29, 1.82) is 0 Å². The fourth-order valence-electron chi connectivity index (χ4n) is 9.66. The molecule has 0 aromatic heterocycles. The van der Waals surface area contributed by atoms with Crippen LogP contribution in [-0.4, -0.2) is 36.8 Å². The second-order valence-electron chi connectivity index (χ2n) is 18.1. The third kappa shape index (κ3) is 11.0. The summed E-state index contributed by atoms with van der Waals surface area (Å²) in [6.45, 7) is 14.1. The van der Waals surface area contributed by atoms with Gasteiger partial charge in [-0.25, -0.2) is 19.2 Å². The summed E-state index contributed by atoms with van der Waals surface area (Å²) in [6.07, 6.45) is -3.19. The number of primary amides is 2. The minimum absolute atomic E-state index is 0.201. The van der Waals surface area contributed by atoms with Gasteiger partial charge in [-0.3, -0.25) is 10.6 Å². The summed E-state index contributed by atoms with van der Waals surface area (Å²) in [5.74, 6) is 0.936. The molecule has 0 saturated heterocycles. The highest BCUT2D eigenvalue weighted by Gasteiger charge is 2.28. The van der Waals surface area contributed by atoms with E-state index in [0.29, 0.717) is 17.9 Å². The van der Waals surface area contributed by atoms with Crippen LogP contribution in [0, 0.1) is 25.2 Å². The SMILES string of the molecule is [CH2]C(NC(=O)Oc1ccc2ccccc2c1-c1c(CCC(C)CC(C)(C)Cc2ccc3ccccc3c2-c2c(OC(=O)NC([CH2])OC(N)=O)ccc3ccccc23)ccc2ccccc12)OC(N)=O. The number of hydrogen-bond acceptors (Lipinski definition) is 8. The molecule has 0 bridgehead atoms. The number of nitrogens with one attached hydrogen (secondary N) is 2. The molecular formula is C57H54N4O8. The summed E-state index contributed by atoms with van der Waals surface area (Å²) in [5, 5.41) is 12.7. The smallest absolute Gasteiger partial charge is 0.415 e. The summed E-state index contributed by atoms with van der Waals surface area (Å²) in [6, 6.07) is 48.4. The van der Waals surface area contributed by atoms with E-state index in [1.165, 1.54) is 0 Å². The Morgan fingerprint density at radius 1 is 0.522 bits per heavy atom. The van der Waals surface area contributed by atoms with Crippen molar-refractivity contribution < 1.29 is 38.1 Å². The minimum atomic E-state index is -1.26. The van der Waals surface area contributed by atoms with Crippen LogP contribution in [0.4, 0.5) is 19.2 Å². The number of carbonyl (C=O) groups is 4. The number of hydrogen-bond donors (Lipinski definition) is 4. The fraction of sp³-hybridized carbons (Fsp3) is 0.193. The number of rotatable bonds is 15. The van der Waals surface area contributed by atoms with E-state index in [1.807, 2.05) is 84.9 Å². The molecule has 4 amide bonds. The highest BCUT2D eigenvalue weighted by molar-refractivity contribution is 6.10. The van der Waals surface area contributed by atoms with Gasteiger partial charge in [0.25, 0.3) is 0 Å². The van der Waals surface area contributed by atoms with Crippen LogP contribution in [0.5, 0.6) is 11.5 Å². The first-order valence-corrected chi connectivity index (χ1v) is 22.7. The molecule has 0 spiro atoms. The van der Waals surface area contributed by atoms with Crippen molar-refractivity contribution in [3.05, 3.63) is 171 Å². The lowest BCUT2D eigenvalue weighted by Crippen LogP contribution is -2.39. The number of carbonyl (C=O) groups excluding carboxylic acids is 4. The third-order valence-electron chi connectivity index (χ3n) is 12.3. The van der Waals surface area contributed by atoms with E-state index in [0.717, 1.165) is 95.7 Å². The van der Waals surface area contributed by atoms with Crippen molar-refractivity contribution >= 4 is 67.5 Å². The van der Waals surface area contributed by atoms with Gasteiger partial charge in [-0.15, -0.1) is 0 Å². The molecule has 8 aromatic carbocycles. The lowest BCUT2D eigenvalue weighted by molar-refractivity contribution is 0.106. The van der Waals surface area contributed by atoms with Gasteiger partial charge in [-0.2, -0.15) is 0 Å². The van der Waals surface area contributed by atoms with E-state index >= 15 is 0 Å². The molecule has 0 fully saturated rings. The van der Waals surface area contributed by atoms with Crippen LogP contribution in [0.15, 0.2) is 146 Å². The van der Waals surface area contributed by atoms with Crippen molar-refractivity contribution in [2.75, 3.05) is 0 Å². The third-order valence-corrected chi connectivity index (χ3v) is 12.3. The highest BCUT2D eigenvalue weighted by Crippen LogP contribution is 2.46. The zero-order valence-electron chi connectivity index (χ0n) is 38.8. The van der Waals surface area contributed by atoms with Crippen LogP contribution < -0.4 is 31.6 Å². The molecule has 6 N–H and O–H groups in total. The van der Waals surface area contributed by atoms with Gasteiger partial charge in [0.1, 0.15) is 11.5 Å². The normalized spacial score (nSPS) is 12.8. The van der Waals surface area contributed by atoms with Gasteiger partial charge in [-0.05, 0) is 114 Å². The number of benzene rings is 8. The van der Waals surface area contributed by atoms with Crippen LogP contribution in [0.3, 0.4) is 0 Å². The molecule has 8 rings (SSSR count). The standard InChI is InChI=1S/C57H54N4O8/c1-34(22-23-41-26-24-37-14-6-10-18-43(37)49(41)51-45-20-12-8-16-39(45)28-30-47(51)68-55(64)60-35(2)66-53(58)62)32-57(4,5)33-42-27-25-38-15-7-11-19-44(38)50(42)52-46-21-13-9-17-40(46)29-31-48(52)69-56(65)61-36(3)67-54(59)63/h6-21,24-31,34-36H,2-3,22-23,32-33H2,1,4-5H3,(H2,58,62)(H2,59,63)(H,60,64)(H,61,65). The molecule has 12 nitrogen and oxygen atoms in total. The average molecular weight is 923 g/mol. The van der Waals surface area contributed by atoms with Crippen LogP contribution in [0.25, 0.3) is 65.3 Å². The summed E-state index contributed by atoms with van der Waals surface area (Å²) in [7, 11) is 0. The van der Waals surface area contributed by atoms with Crippen molar-refractivity contribution in [2.45, 2.75) is 58.9 Å². The maximum atomic E-state index is 13.3. The van der Waals surface area contributed by atoms with E-state index in [-0.39, 0.29) is 11.3 Å². The van der Waals surface area contributed by atoms with Gasteiger partial charge in [0.2, 0.25) is 0 Å². The number of aryl methyl sites for hydroxylation is 1. The Bertz CT molecular complexity index is 3240. The molecular weight excluding hydrogens is 869 g/mol. The Morgan fingerprint density at radius 3 is 1.30 bits per heavy atom. The van der Waals surface area contributed by atoms with Gasteiger partial charge in [0, 0.05) is 25.0 Å². The Balaban J connectivity index is 1.11. The maximum Gasteiger partial charge on any atom is 0.415 e. The van der Waals surface area contributed by atoms with Crippen LogP contribution in [0.2, 0.25) is 0 Å². The number of ether oxygens (including phenoxy) is 4. The van der Waals surface area contributed by atoms with Crippen molar-refractivity contribution in [2.24, 2.45) is 22.8 Å². The van der Waals surface area contributed by atoms with Gasteiger partial charge < -0.3 is 30.4 Å². The number of nitrogens with two attached hydrogens (primary N) is 2. The van der Waals surface area contributed by atoms with Gasteiger partial charge in [0.15, 0.2) is 12.5 Å². The highest BCUT2D eigenvalue weighted by atomic mass is 16.6. The Labute approximate surface area is 400 Å². The predicted octanol–water partition coefficient (Wildman–Crippen LogP) is 12.5. The Kier molecular flexibility index (Phi) is 14.0. The van der Waals surface area contributed by atoms with Crippen LogP contribution in [-0.2, 0) is 22.3 Å². The molecule has 12 heteroatoms. The van der Waals surface area contributed by atoms with Crippen molar-refractivity contribution in [3.8, 4) is 33.8 Å². The topological polar surface area (TPSA) is 181 Å². The van der Waals surface area contributed by atoms with Gasteiger partial charge in [0.05, 0.1) is 0 Å².